The Balaban J connectivity index is 4.76. The van der Waals surface area contributed by atoms with Crippen LogP contribution in [0.3, 0.4) is 0 Å². The summed E-state index contributed by atoms with van der Waals surface area (Å²) in [4.78, 5) is 22.0. The number of Topliss-reactive ketones (excluding diaryl/α,β-unsaturated/α-hetero) is 1. The summed E-state index contributed by atoms with van der Waals surface area (Å²) < 4.78 is 0. The van der Waals surface area contributed by atoms with Gasteiger partial charge in [0.05, 0.1) is 11.4 Å². The number of carboxylic acid groups (broad SMARTS) is 1. The second kappa shape index (κ2) is 4.03. The van der Waals surface area contributed by atoms with Crippen LogP contribution in [0, 0.1) is 11.3 Å². The molecule has 0 N–H and O–H groups in total. The van der Waals surface area contributed by atoms with Crippen LogP contribution in [-0.4, -0.2) is 17.1 Å². The van der Waals surface area contributed by atoms with Crippen LogP contribution in [0.25, 0.3) is 0 Å². The van der Waals surface area contributed by atoms with Crippen LogP contribution in [0.1, 0.15) is 20.8 Å². The fourth-order valence-corrected chi connectivity index (χ4v) is 1.36. The standard InChI is InChI=1S/C8H13BrO3/c1-5(2)6(10)8(3,4-9)7(11)12/h5H,4H2,1-3H3,(H,11,12)/p-1. The van der Waals surface area contributed by atoms with Gasteiger partial charge in [0.15, 0.2) is 0 Å². The van der Waals surface area contributed by atoms with Gasteiger partial charge in [-0.3, -0.25) is 4.79 Å². The Morgan fingerprint density at radius 2 is 1.92 bits per heavy atom. The maximum Gasteiger partial charge on any atom is 0.147 e. The van der Waals surface area contributed by atoms with Gasteiger partial charge in [0, 0.05) is 11.2 Å². The molecule has 4 heteroatoms. The topological polar surface area (TPSA) is 57.2 Å². The van der Waals surface area contributed by atoms with Crippen molar-refractivity contribution in [2.75, 3.05) is 5.33 Å². The lowest BCUT2D eigenvalue weighted by Crippen LogP contribution is -2.48. The van der Waals surface area contributed by atoms with Gasteiger partial charge in [-0.2, -0.15) is 0 Å². The zero-order chi connectivity index (χ0) is 9.94. The van der Waals surface area contributed by atoms with E-state index in [0.717, 1.165) is 0 Å². The summed E-state index contributed by atoms with van der Waals surface area (Å²) >= 11 is 3.00. The van der Waals surface area contributed by atoms with E-state index in [1.807, 2.05) is 0 Å². The van der Waals surface area contributed by atoms with Crippen LogP contribution in [0.2, 0.25) is 0 Å². The summed E-state index contributed by atoms with van der Waals surface area (Å²) in [5.74, 6) is -1.91. The van der Waals surface area contributed by atoms with Gasteiger partial charge in [0.2, 0.25) is 0 Å². The fourth-order valence-electron chi connectivity index (χ4n) is 0.858. The normalized spacial score (nSPS) is 15.8. The van der Waals surface area contributed by atoms with Gasteiger partial charge in [-0.1, -0.05) is 29.8 Å². The summed E-state index contributed by atoms with van der Waals surface area (Å²) in [7, 11) is 0. The minimum Gasteiger partial charge on any atom is -0.549 e. The molecule has 0 rings (SSSR count). The second-order valence-corrected chi connectivity index (χ2v) is 3.83. The first kappa shape index (κ1) is 11.6. The average molecular weight is 236 g/mol. The van der Waals surface area contributed by atoms with E-state index in [-0.39, 0.29) is 17.0 Å². The van der Waals surface area contributed by atoms with Crippen LogP contribution in [0.4, 0.5) is 0 Å². The molecule has 0 aromatic carbocycles. The Kier molecular flexibility index (Phi) is 3.90. The van der Waals surface area contributed by atoms with Crippen LogP contribution >= 0.6 is 15.9 Å². The lowest BCUT2D eigenvalue weighted by atomic mass is 9.82. The molecule has 0 bridgehead atoms. The van der Waals surface area contributed by atoms with Crippen molar-refractivity contribution >= 4 is 27.7 Å². The quantitative estimate of drug-likeness (QED) is 0.523. The Labute approximate surface area is 80.3 Å². The third kappa shape index (κ3) is 2.06. The second-order valence-electron chi connectivity index (χ2n) is 3.27. The van der Waals surface area contributed by atoms with Crippen molar-refractivity contribution in [1.82, 2.24) is 0 Å². The first-order valence-corrected chi connectivity index (χ1v) is 4.80. The number of hydrogen-bond donors (Lipinski definition) is 0. The van der Waals surface area contributed by atoms with Crippen molar-refractivity contribution in [2.24, 2.45) is 11.3 Å². The van der Waals surface area contributed by atoms with Gasteiger partial charge in [-0.05, 0) is 6.92 Å². The number of ketones is 1. The molecule has 0 aliphatic heterocycles. The van der Waals surface area contributed by atoms with E-state index in [1.54, 1.807) is 13.8 Å². The van der Waals surface area contributed by atoms with E-state index >= 15 is 0 Å². The van der Waals surface area contributed by atoms with Gasteiger partial charge in [-0.25, -0.2) is 0 Å². The fraction of sp³-hybridized carbons (Fsp3) is 0.750. The predicted octanol–water partition coefficient (Wildman–Crippen LogP) is 0.363. The molecule has 0 amide bonds. The third-order valence-corrected chi connectivity index (χ3v) is 2.91. The number of carbonyl (C=O) groups excluding carboxylic acids is 2. The van der Waals surface area contributed by atoms with E-state index in [4.69, 9.17) is 0 Å². The van der Waals surface area contributed by atoms with Crippen molar-refractivity contribution < 1.29 is 14.7 Å². The minimum atomic E-state index is -1.39. The largest absolute Gasteiger partial charge is 0.549 e. The average Bonchev–Trinajstić information content (AvgIpc) is 2.01. The molecule has 0 saturated carbocycles. The van der Waals surface area contributed by atoms with Crippen molar-refractivity contribution in [3.63, 3.8) is 0 Å². The van der Waals surface area contributed by atoms with E-state index < -0.39 is 11.4 Å². The van der Waals surface area contributed by atoms with Crippen molar-refractivity contribution in [3.8, 4) is 0 Å². The number of aliphatic carboxylic acids is 1. The monoisotopic (exact) mass is 235 g/mol. The van der Waals surface area contributed by atoms with Crippen molar-refractivity contribution in [2.45, 2.75) is 20.8 Å². The highest BCUT2D eigenvalue weighted by Gasteiger charge is 2.34. The predicted molar refractivity (Wildman–Crippen MR) is 46.8 cm³/mol. The molecule has 0 spiro atoms. The molecule has 0 heterocycles. The van der Waals surface area contributed by atoms with Gasteiger partial charge < -0.3 is 9.90 Å². The van der Waals surface area contributed by atoms with Gasteiger partial charge in [0.1, 0.15) is 5.78 Å². The minimum absolute atomic E-state index is 0.0966. The molecule has 1 atom stereocenters. The summed E-state index contributed by atoms with van der Waals surface area (Å²) in [6, 6.07) is 0. The van der Waals surface area contributed by atoms with Crippen molar-refractivity contribution in [3.05, 3.63) is 0 Å². The van der Waals surface area contributed by atoms with Gasteiger partial charge in [0.25, 0.3) is 0 Å². The number of hydrogen-bond acceptors (Lipinski definition) is 3. The molecule has 12 heavy (non-hydrogen) atoms. The summed E-state index contributed by atoms with van der Waals surface area (Å²) in [5.41, 5.74) is -1.39. The SMILES string of the molecule is CC(C)C(=O)C(C)(CBr)C(=O)[O-]. The third-order valence-electron chi connectivity index (χ3n) is 1.79. The Bertz CT molecular complexity index is 200. The molecule has 0 aromatic heterocycles. The van der Waals surface area contributed by atoms with E-state index in [0.29, 0.717) is 0 Å². The number of carboxylic acids is 1. The highest BCUT2D eigenvalue weighted by atomic mass is 79.9. The van der Waals surface area contributed by atoms with E-state index in [2.05, 4.69) is 15.9 Å². The molecule has 70 valence electrons. The highest BCUT2D eigenvalue weighted by Crippen LogP contribution is 2.23. The number of carbonyl (C=O) groups is 2. The van der Waals surface area contributed by atoms with E-state index in [1.165, 1.54) is 6.92 Å². The molecule has 0 radical (unpaired) electrons. The summed E-state index contributed by atoms with van der Waals surface area (Å²) in [5, 5.41) is 10.7. The lowest BCUT2D eigenvalue weighted by Gasteiger charge is -2.28. The molecule has 0 fully saturated rings. The lowest BCUT2D eigenvalue weighted by molar-refractivity contribution is -0.315. The molecule has 3 nitrogen and oxygen atoms in total. The molecule has 1 unspecified atom stereocenters. The summed E-state index contributed by atoms with van der Waals surface area (Å²) in [6.45, 7) is 4.72. The van der Waals surface area contributed by atoms with Gasteiger partial charge >= 0.3 is 0 Å². The Morgan fingerprint density at radius 3 is 2.00 bits per heavy atom. The number of alkyl halides is 1. The zero-order valence-corrected chi connectivity index (χ0v) is 8.97. The first-order chi connectivity index (χ1) is 5.36. The molecule has 0 saturated heterocycles. The molecule has 0 aliphatic carbocycles. The van der Waals surface area contributed by atoms with Gasteiger partial charge in [-0.15, -0.1) is 0 Å². The number of halogens is 1. The highest BCUT2D eigenvalue weighted by molar-refractivity contribution is 9.09. The van der Waals surface area contributed by atoms with Crippen LogP contribution in [0.5, 0.6) is 0 Å². The molecular weight excluding hydrogens is 224 g/mol. The maximum absolute atomic E-state index is 11.4. The molecule has 0 aliphatic rings. The van der Waals surface area contributed by atoms with Crippen LogP contribution < -0.4 is 5.11 Å². The number of rotatable bonds is 4. The Morgan fingerprint density at radius 1 is 1.50 bits per heavy atom. The van der Waals surface area contributed by atoms with E-state index in [9.17, 15) is 14.7 Å². The maximum atomic E-state index is 11.4. The Hall–Kier alpha value is -0.380. The summed E-state index contributed by atoms with van der Waals surface area (Å²) in [6.07, 6.45) is 0. The smallest absolute Gasteiger partial charge is 0.147 e. The first-order valence-electron chi connectivity index (χ1n) is 3.68. The van der Waals surface area contributed by atoms with Crippen LogP contribution in [-0.2, 0) is 9.59 Å². The van der Waals surface area contributed by atoms with Crippen LogP contribution in [0.15, 0.2) is 0 Å². The van der Waals surface area contributed by atoms with Crippen molar-refractivity contribution in [1.29, 1.82) is 0 Å². The molecule has 0 aromatic rings. The zero-order valence-electron chi connectivity index (χ0n) is 7.39. The molecular formula is C8H12BrO3-.